The van der Waals surface area contributed by atoms with Crippen LogP contribution in [-0.4, -0.2) is 24.8 Å². The van der Waals surface area contributed by atoms with Crippen molar-refractivity contribution >= 4 is 0 Å². The van der Waals surface area contributed by atoms with Crippen LogP contribution in [0.2, 0.25) is 0 Å². The fourth-order valence-corrected chi connectivity index (χ4v) is 2.51. The molecule has 1 aromatic heterocycles. The number of rotatable bonds is 7. The molecule has 118 valence electrons. The molecule has 0 aliphatic carbocycles. The predicted molar refractivity (Wildman–Crippen MR) is 89.7 cm³/mol. The number of methoxy groups -OCH3 is 1. The lowest BCUT2D eigenvalue weighted by Crippen LogP contribution is -2.24. The van der Waals surface area contributed by atoms with Crippen LogP contribution in [0.15, 0.2) is 41.3 Å². The summed E-state index contributed by atoms with van der Waals surface area (Å²) >= 11 is 0. The van der Waals surface area contributed by atoms with Gasteiger partial charge in [-0.15, -0.1) is 0 Å². The first-order valence-electron chi connectivity index (χ1n) is 7.67. The molecule has 0 aliphatic heterocycles. The van der Waals surface area contributed by atoms with Crippen LogP contribution in [0.1, 0.15) is 23.7 Å². The molecule has 0 fully saturated rings. The molecule has 0 radical (unpaired) electrons. The van der Waals surface area contributed by atoms with Crippen molar-refractivity contribution in [2.24, 2.45) is 0 Å². The average molecular weight is 300 g/mol. The van der Waals surface area contributed by atoms with Gasteiger partial charge in [0, 0.05) is 49.4 Å². The molecule has 2 aromatic rings. The van der Waals surface area contributed by atoms with E-state index in [-0.39, 0.29) is 5.43 Å². The number of ether oxygens (including phenoxy) is 1. The fraction of sp³-hybridized carbons (Fsp3) is 0.389. The van der Waals surface area contributed by atoms with Gasteiger partial charge in [-0.05, 0) is 25.0 Å². The van der Waals surface area contributed by atoms with E-state index in [1.54, 1.807) is 13.2 Å². The largest absolute Gasteiger partial charge is 0.383 e. The highest BCUT2D eigenvalue weighted by Crippen LogP contribution is 2.17. The third kappa shape index (κ3) is 3.84. The minimum Gasteiger partial charge on any atom is -0.383 e. The molecule has 0 unspecified atom stereocenters. The molecule has 0 atom stereocenters. The van der Waals surface area contributed by atoms with E-state index >= 15 is 0 Å². The summed E-state index contributed by atoms with van der Waals surface area (Å²) in [5.41, 5.74) is 4.21. The zero-order valence-corrected chi connectivity index (χ0v) is 13.6. The first kappa shape index (κ1) is 16.5. The molecule has 0 bridgehead atoms. The summed E-state index contributed by atoms with van der Waals surface area (Å²) in [4.78, 5) is 12.2. The second-order valence-electron chi connectivity index (χ2n) is 5.33. The second-order valence-corrected chi connectivity index (χ2v) is 5.33. The first-order valence-corrected chi connectivity index (χ1v) is 7.67. The standard InChI is InChI=1S/C18H24N2O2/c1-4-15-7-5-6-8-17(15)20-13-16(12-19-9-10-22-3)18(21)11-14(20)2/h5-8,11,13,19H,4,9-10,12H2,1-3H3. The number of benzene rings is 1. The quantitative estimate of drug-likeness (QED) is 0.799. The minimum absolute atomic E-state index is 0.0765. The van der Waals surface area contributed by atoms with Gasteiger partial charge in [0.2, 0.25) is 0 Å². The van der Waals surface area contributed by atoms with E-state index in [0.717, 1.165) is 29.9 Å². The minimum atomic E-state index is 0.0765. The molecule has 0 amide bonds. The lowest BCUT2D eigenvalue weighted by atomic mass is 10.1. The van der Waals surface area contributed by atoms with Crippen LogP contribution in [0, 0.1) is 6.92 Å². The molecular weight excluding hydrogens is 276 g/mol. The van der Waals surface area contributed by atoms with E-state index < -0.39 is 0 Å². The number of hydrogen-bond acceptors (Lipinski definition) is 3. The summed E-state index contributed by atoms with van der Waals surface area (Å²) in [6.45, 7) is 6.03. The van der Waals surface area contributed by atoms with Crippen LogP contribution in [0.3, 0.4) is 0 Å². The Hall–Kier alpha value is -1.91. The van der Waals surface area contributed by atoms with Gasteiger partial charge in [0.1, 0.15) is 0 Å². The number of aryl methyl sites for hydroxylation is 2. The summed E-state index contributed by atoms with van der Waals surface area (Å²) in [7, 11) is 1.67. The van der Waals surface area contributed by atoms with Crippen molar-refractivity contribution in [3.05, 3.63) is 63.6 Å². The number of pyridine rings is 1. The fourth-order valence-electron chi connectivity index (χ4n) is 2.51. The molecule has 2 rings (SSSR count). The van der Waals surface area contributed by atoms with Crippen molar-refractivity contribution in [3.8, 4) is 5.69 Å². The maximum absolute atomic E-state index is 12.2. The monoisotopic (exact) mass is 300 g/mol. The Morgan fingerprint density at radius 2 is 2.00 bits per heavy atom. The number of para-hydroxylation sites is 1. The smallest absolute Gasteiger partial charge is 0.186 e. The molecule has 22 heavy (non-hydrogen) atoms. The molecule has 1 heterocycles. The Morgan fingerprint density at radius 1 is 1.23 bits per heavy atom. The zero-order valence-electron chi connectivity index (χ0n) is 13.6. The van der Waals surface area contributed by atoms with E-state index in [9.17, 15) is 4.79 Å². The van der Waals surface area contributed by atoms with Crippen molar-refractivity contribution in [2.75, 3.05) is 20.3 Å². The number of nitrogens with zero attached hydrogens (tertiary/aromatic N) is 1. The molecule has 1 N–H and O–H groups in total. The van der Waals surface area contributed by atoms with Crippen LogP contribution < -0.4 is 10.7 Å². The van der Waals surface area contributed by atoms with E-state index in [1.807, 2.05) is 25.3 Å². The SMILES string of the molecule is CCc1ccccc1-n1cc(CNCCOC)c(=O)cc1C. The number of nitrogens with one attached hydrogen (secondary N) is 1. The maximum atomic E-state index is 12.2. The Morgan fingerprint density at radius 3 is 2.73 bits per heavy atom. The van der Waals surface area contributed by atoms with Crippen LogP contribution in [0.5, 0.6) is 0 Å². The molecule has 4 heteroatoms. The van der Waals surface area contributed by atoms with Crippen molar-refractivity contribution in [1.82, 2.24) is 9.88 Å². The van der Waals surface area contributed by atoms with Crippen LogP contribution in [0.4, 0.5) is 0 Å². The first-order chi connectivity index (χ1) is 10.7. The van der Waals surface area contributed by atoms with Gasteiger partial charge < -0.3 is 14.6 Å². The molecule has 0 saturated carbocycles. The summed E-state index contributed by atoms with van der Waals surface area (Å²) in [5, 5.41) is 3.23. The van der Waals surface area contributed by atoms with Crippen LogP contribution >= 0.6 is 0 Å². The van der Waals surface area contributed by atoms with E-state index in [4.69, 9.17) is 4.74 Å². The molecule has 0 saturated heterocycles. The van der Waals surface area contributed by atoms with E-state index in [0.29, 0.717) is 13.2 Å². The van der Waals surface area contributed by atoms with Crippen molar-refractivity contribution in [2.45, 2.75) is 26.8 Å². The van der Waals surface area contributed by atoms with Crippen molar-refractivity contribution in [3.63, 3.8) is 0 Å². The van der Waals surface area contributed by atoms with Gasteiger partial charge in [-0.2, -0.15) is 0 Å². The Kier molecular flexibility index (Phi) is 5.92. The van der Waals surface area contributed by atoms with Crippen LogP contribution in [-0.2, 0) is 17.7 Å². The van der Waals surface area contributed by atoms with Gasteiger partial charge in [-0.1, -0.05) is 25.1 Å². The van der Waals surface area contributed by atoms with Gasteiger partial charge in [-0.3, -0.25) is 4.79 Å². The highest BCUT2D eigenvalue weighted by Gasteiger charge is 2.08. The summed E-state index contributed by atoms with van der Waals surface area (Å²) in [6.07, 6.45) is 2.91. The highest BCUT2D eigenvalue weighted by molar-refractivity contribution is 5.43. The van der Waals surface area contributed by atoms with E-state index in [2.05, 4.69) is 28.9 Å². The molecule has 1 aromatic carbocycles. The molecule has 0 spiro atoms. The summed E-state index contributed by atoms with van der Waals surface area (Å²) < 4.78 is 7.11. The summed E-state index contributed by atoms with van der Waals surface area (Å²) in [5.74, 6) is 0. The average Bonchev–Trinajstić information content (AvgIpc) is 2.53. The summed E-state index contributed by atoms with van der Waals surface area (Å²) in [6, 6.07) is 10.0. The molecule has 4 nitrogen and oxygen atoms in total. The normalized spacial score (nSPS) is 10.9. The van der Waals surface area contributed by atoms with Gasteiger partial charge >= 0.3 is 0 Å². The Labute approximate surface area is 131 Å². The molecular formula is C18H24N2O2. The zero-order chi connectivity index (χ0) is 15.9. The van der Waals surface area contributed by atoms with Gasteiger partial charge in [0.15, 0.2) is 5.43 Å². The highest BCUT2D eigenvalue weighted by atomic mass is 16.5. The maximum Gasteiger partial charge on any atom is 0.186 e. The number of hydrogen-bond donors (Lipinski definition) is 1. The van der Waals surface area contributed by atoms with Crippen LogP contribution in [0.25, 0.3) is 5.69 Å². The van der Waals surface area contributed by atoms with Crippen molar-refractivity contribution in [1.29, 1.82) is 0 Å². The second kappa shape index (κ2) is 7.92. The van der Waals surface area contributed by atoms with Gasteiger partial charge in [0.05, 0.1) is 6.61 Å². The third-order valence-corrected chi connectivity index (χ3v) is 3.75. The van der Waals surface area contributed by atoms with E-state index in [1.165, 1.54) is 5.56 Å². The van der Waals surface area contributed by atoms with Gasteiger partial charge in [-0.25, -0.2) is 0 Å². The third-order valence-electron chi connectivity index (χ3n) is 3.75. The predicted octanol–water partition coefficient (Wildman–Crippen LogP) is 2.44. The topological polar surface area (TPSA) is 43.3 Å². The molecule has 0 aliphatic rings. The lowest BCUT2D eigenvalue weighted by Gasteiger charge is -2.16. The number of aromatic nitrogens is 1. The van der Waals surface area contributed by atoms with Gasteiger partial charge in [0.25, 0.3) is 0 Å². The van der Waals surface area contributed by atoms with Crippen molar-refractivity contribution < 1.29 is 4.74 Å². The lowest BCUT2D eigenvalue weighted by molar-refractivity contribution is 0.199. The Bertz CT molecular complexity index is 677. The Balaban J connectivity index is 2.34.